The average Bonchev–Trinajstić information content (AvgIpc) is 3.25. The Balaban J connectivity index is 3.55. The molecular formula is C55H94O5. The number of ether oxygens (including phenoxy) is 2. The molecule has 0 saturated carbocycles. The lowest BCUT2D eigenvalue weighted by molar-refractivity contribution is -0.161. The van der Waals surface area contributed by atoms with E-state index in [1.807, 2.05) is 0 Å². The molecule has 5 heteroatoms. The number of hydrogen-bond acceptors (Lipinski definition) is 5. The number of carbonyl (C=O) groups is 2. The highest BCUT2D eigenvalue weighted by Crippen LogP contribution is 2.14. The number of carbonyl (C=O) groups excluding carboxylic acids is 2. The third-order valence-electron chi connectivity index (χ3n) is 10.7. The van der Waals surface area contributed by atoms with Gasteiger partial charge in [0.1, 0.15) is 6.61 Å². The Labute approximate surface area is 371 Å². The largest absolute Gasteiger partial charge is 0.462 e. The van der Waals surface area contributed by atoms with Crippen molar-refractivity contribution in [2.45, 2.75) is 238 Å². The van der Waals surface area contributed by atoms with Gasteiger partial charge in [-0.3, -0.25) is 9.59 Å². The van der Waals surface area contributed by atoms with Crippen molar-refractivity contribution in [1.29, 1.82) is 0 Å². The van der Waals surface area contributed by atoms with Crippen molar-refractivity contribution in [2.75, 3.05) is 13.2 Å². The van der Waals surface area contributed by atoms with Crippen LogP contribution in [0.3, 0.4) is 0 Å². The van der Waals surface area contributed by atoms with Gasteiger partial charge in [0.15, 0.2) is 6.10 Å². The molecular weight excluding hydrogens is 741 g/mol. The molecule has 0 rings (SSSR count). The molecule has 0 aromatic rings. The molecule has 0 amide bonds. The highest BCUT2D eigenvalue weighted by atomic mass is 16.6. The van der Waals surface area contributed by atoms with Gasteiger partial charge in [-0.1, -0.05) is 214 Å². The van der Waals surface area contributed by atoms with Crippen molar-refractivity contribution >= 4 is 11.9 Å². The summed E-state index contributed by atoms with van der Waals surface area (Å²) >= 11 is 0. The Morgan fingerprint density at radius 1 is 0.400 bits per heavy atom. The lowest BCUT2D eigenvalue weighted by Gasteiger charge is -2.15. The molecule has 0 bridgehead atoms. The molecule has 0 fully saturated rings. The molecule has 344 valence electrons. The maximum Gasteiger partial charge on any atom is 0.306 e. The average molecular weight is 835 g/mol. The van der Waals surface area contributed by atoms with Crippen LogP contribution in [0.25, 0.3) is 0 Å². The second-order valence-electron chi connectivity index (χ2n) is 16.5. The summed E-state index contributed by atoms with van der Waals surface area (Å²) in [6, 6.07) is 0. The normalized spacial score (nSPS) is 12.9. The van der Waals surface area contributed by atoms with Crippen molar-refractivity contribution in [1.82, 2.24) is 0 Å². The van der Waals surface area contributed by atoms with E-state index >= 15 is 0 Å². The van der Waals surface area contributed by atoms with Crippen LogP contribution in [-0.4, -0.2) is 36.4 Å². The summed E-state index contributed by atoms with van der Waals surface area (Å²) in [6.45, 7) is 4.02. The molecule has 0 spiro atoms. The lowest BCUT2D eigenvalue weighted by Crippen LogP contribution is -2.28. The molecule has 0 aliphatic heterocycles. The van der Waals surface area contributed by atoms with Gasteiger partial charge in [-0.05, 0) is 89.9 Å². The molecule has 1 atom stereocenters. The maximum absolute atomic E-state index is 12.3. The fourth-order valence-corrected chi connectivity index (χ4v) is 6.91. The number of allylic oxidation sites excluding steroid dienone is 14. The van der Waals surface area contributed by atoms with Gasteiger partial charge in [-0.2, -0.15) is 0 Å². The molecule has 60 heavy (non-hydrogen) atoms. The minimum absolute atomic E-state index is 0.0724. The van der Waals surface area contributed by atoms with Gasteiger partial charge in [0, 0.05) is 12.8 Å². The third-order valence-corrected chi connectivity index (χ3v) is 10.7. The molecule has 0 heterocycles. The molecule has 0 radical (unpaired) electrons. The van der Waals surface area contributed by atoms with E-state index in [1.54, 1.807) is 0 Å². The van der Waals surface area contributed by atoms with E-state index in [0.717, 1.165) is 77.0 Å². The third kappa shape index (κ3) is 47.8. The van der Waals surface area contributed by atoms with Crippen LogP contribution in [0, 0.1) is 0 Å². The van der Waals surface area contributed by atoms with Gasteiger partial charge >= 0.3 is 11.9 Å². The highest BCUT2D eigenvalue weighted by Gasteiger charge is 2.16. The predicted octanol–water partition coefficient (Wildman–Crippen LogP) is 16.6. The summed E-state index contributed by atoms with van der Waals surface area (Å²) in [7, 11) is 0. The van der Waals surface area contributed by atoms with Crippen LogP contribution in [0.15, 0.2) is 85.1 Å². The fraction of sp³-hybridized carbons (Fsp3) is 0.709. The van der Waals surface area contributed by atoms with Crippen molar-refractivity contribution in [3.63, 3.8) is 0 Å². The van der Waals surface area contributed by atoms with Crippen LogP contribution >= 0.6 is 0 Å². The summed E-state index contributed by atoms with van der Waals surface area (Å²) in [4.78, 5) is 24.4. The van der Waals surface area contributed by atoms with E-state index in [1.165, 1.54) is 128 Å². The number of hydrogen-bond donors (Lipinski definition) is 1. The van der Waals surface area contributed by atoms with Gasteiger partial charge in [0.2, 0.25) is 0 Å². The SMILES string of the molecule is CC/C=C\C/C=C\C/C=C\C/C=C\C/C=C\C/C=C\CCCCCCCCCCCCC(=O)OC(CO)COC(=O)CCCCCCCCC/C=C\CCCCCCCC. The first kappa shape index (κ1) is 57.1. The summed E-state index contributed by atoms with van der Waals surface area (Å²) in [6.07, 6.45) is 69.5. The number of rotatable bonds is 45. The molecule has 0 aromatic carbocycles. The predicted molar refractivity (Wildman–Crippen MR) is 260 cm³/mol. The summed E-state index contributed by atoms with van der Waals surface area (Å²) in [5.74, 6) is -0.600. The Bertz CT molecular complexity index is 1130. The number of aliphatic hydroxyl groups excluding tert-OH is 1. The standard InChI is InChI=1S/C55H94O5/c1-3-5-7-9-11-13-15-17-19-21-22-23-24-25-26-27-28-29-30-31-32-34-36-38-40-42-44-46-48-50-55(58)60-53(51-56)52-59-54(57)49-47-45-43-41-39-37-35-33-20-18-16-14-12-10-8-6-4-2/h5,7,11,13,17-20,22-23,25-26,28-29,53,56H,3-4,6,8-10,12,14-16,21,24,27,30-52H2,1-2H3/b7-5-,13-11-,19-17-,20-18-,23-22-,26-25-,29-28-. The lowest BCUT2D eigenvalue weighted by atomic mass is 10.0. The van der Waals surface area contributed by atoms with E-state index in [-0.39, 0.29) is 25.2 Å². The Morgan fingerprint density at radius 3 is 1.10 bits per heavy atom. The van der Waals surface area contributed by atoms with E-state index in [4.69, 9.17) is 9.47 Å². The van der Waals surface area contributed by atoms with E-state index < -0.39 is 6.10 Å². The maximum atomic E-state index is 12.3. The monoisotopic (exact) mass is 835 g/mol. The molecule has 0 aliphatic carbocycles. The first-order valence-electron chi connectivity index (χ1n) is 25.1. The van der Waals surface area contributed by atoms with E-state index in [9.17, 15) is 14.7 Å². The summed E-state index contributed by atoms with van der Waals surface area (Å²) in [5.41, 5.74) is 0. The number of unbranched alkanes of at least 4 members (excludes halogenated alkanes) is 23. The Hall–Kier alpha value is -2.92. The summed E-state index contributed by atoms with van der Waals surface area (Å²) in [5, 5.41) is 9.62. The van der Waals surface area contributed by atoms with Gasteiger partial charge in [-0.25, -0.2) is 0 Å². The zero-order valence-corrected chi connectivity index (χ0v) is 39.2. The van der Waals surface area contributed by atoms with Crippen molar-refractivity contribution in [3.05, 3.63) is 85.1 Å². The smallest absolute Gasteiger partial charge is 0.306 e. The Morgan fingerprint density at radius 2 is 0.717 bits per heavy atom. The highest BCUT2D eigenvalue weighted by molar-refractivity contribution is 5.70. The van der Waals surface area contributed by atoms with Gasteiger partial charge in [-0.15, -0.1) is 0 Å². The number of aliphatic hydroxyl groups is 1. The quantitative estimate of drug-likeness (QED) is 0.0376. The zero-order valence-electron chi connectivity index (χ0n) is 39.2. The topological polar surface area (TPSA) is 72.8 Å². The second-order valence-corrected chi connectivity index (χ2v) is 16.5. The minimum Gasteiger partial charge on any atom is -0.462 e. The van der Waals surface area contributed by atoms with Crippen molar-refractivity contribution in [2.24, 2.45) is 0 Å². The van der Waals surface area contributed by atoms with Crippen LogP contribution in [-0.2, 0) is 19.1 Å². The van der Waals surface area contributed by atoms with Crippen molar-refractivity contribution in [3.8, 4) is 0 Å². The van der Waals surface area contributed by atoms with E-state index in [2.05, 4.69) is 98.9 Å². The number of esters is 2. The van der Waals surface area contributed by atoms with Crippen LogP contribution in [0.4, 0.5) is 0 Å². The van der Waals surface area contributed by atoms with Crippen LogP contribution in [0.5, 0.6) is 0 Å². The summed E-state index contributed by atoms with van der Waals surface area (Å²) < 4.78 is 10.7. The second kappa shape index (κ2) is 50.4. The Kier molecular flexibility index (Phi) is 48.0. The first-order valence-corrected chi connectivity index (χ1v) is 25.1. The molecule has 1 N–H and O–H groups in total. The van der Waals surface area contributed by atoms with Gasteiger partial charge in [0.25, 0.3) is 0 Å². The van der Waals surface area contributed by atoms with Crippen LogP contribution < -0.4 is 0 Å². The van der Waals surface area contributed by atoms with Gasteiger partial charge < -0.3 is 14.6 Å². The molecule has 1 unspecified atom stereocenters. The molecule has 0 aliphatic rings. The first-order chi connectivity index (χ1) is 29.6. The van der Waals surface area contributed by atoms with Gasteiger partial charge in [0.05, 0.1) is 6.61 Å². The molecule has 0 aromatic heterocycles. The van der Waals surface area contributed by atoms with Crippen LogP contribution in [0.2, 0.25) is 0 Å². The minimum atomic E-state index is -0.780. The van der Waals surface area contributed by atoms with Crippen molar-refractivity contribution < 1.29 is 24.2 Å². The molecule has 0 saturated heterocycles. The molecule has 5 nitrogen and oxygen atoms in total. The van der Waals surface area contributed by atoms with E-state index in [0.29, 0.717) is 12.8 Å². The zero-order chi connectivity index (χ0) is 43.5. The van der Waals surface area contributed by atoms with Crippen LogP contribution in [0.1, 0.15) is 232 Å². The fourth-order valence-electron chi connectivity index (χ4n) is 6.91.